The number of hydrazone groups is 1. The largest absolute Gasteiger partial charge is 0.486 e. The quantitative estimate of drug-likeness (QED) is 0.809. The van der Waals surface area contributed by atoms with Gasteiger partial charge in [0.15, 0.2) is 0 Å². The molecule has 2 aliphatic rings. The molecule has 1 aromatic carbocycles. The molecule has 3 heterocycles. The van der Waals surface area contributed by atoms with E-state index in [1.165, 1.54) is 23.2 Å². The Labute approximate surface area is 161 Å². The third-order valence-corrected chi connectivity index (χ3v) is 5.21. The van der Waals surface area contributed by atoms with E-state index < -0.39 is 5.82 Å². The molecule has 0 spiro atoms. The lowest BCUT2D eigenvalue weighted by atomic mass is 10.0. The highest BCUT2D eigenvalue weighted by Gasteiger charge is 2.44. The normalized spacial score (nSPS) is 23.6. The lowest BCUT2D eigenvalue weighted by molar-refractivity contribution is -0.0197. The molecule has 4 rings (SSSR count). The molecule has 2 aliphatic heterocycles. The van der Waals surface area contributed by atoms with Gasteiger partial charge >= 0.3 is 6.03 Å². The lowest BCUT2D eigenvalue weighted by Gasteiger charge is -2.46. The average Bonchev–Trinajstić information content (AvgIpc) is 3.17. The van der Waals surface area contributed by atoms with Crippen LogP contribution in [-0.2, 0) is 0 Å². The van der Waals surface area contributed by atoms with Gasteiger partial charge in [-0.15, -0.1) is 0 Å². The molecule has 3 atom stereocenters. The van der Waals surface area contributed by atoms with Gasteiger partial charge in [-0.1, -0.05) is 0 Å². The van der Waals surface area contributed by atoms with Crippen molar-refractivity contribution in [1.29, 1.82) is 0 Å². The number of urea groups is 1. The van der Waals surface area contributed by atoms with Crippen LogP contribution in [0.1, 0.15) is 30.6 Å². The van der Waals surface area contributed by atoms with Crippen LogP contribution in [0, 0.1) is 18.6 Å². The first-order valence-corrected chi connectivity index (χ1v) is 9.10. The number of hydrogen-bond acceptors (Lipinski definition) is 4. The highest BCUT2D eigenvalue weighted by molar-refractivity contribution is 5.79. The summed E-state index contributed by atoms with van der Waals surface area (Å²) in [7, 11) is 0. The summed E-state index contributed by atoms with van der Waals surface area (Å²) in [5, 5.41) is 5.56. The van der Waals surface area contributed by atoms with Crippen molar-refractivity contribution >= 4 is 12.2 Å². The Morgan fingerprint density at radius 3 is 2.68 bits per heavy atom. The van der Waals surface area contributed by atoms with Crippen molar-refractivity contribution in [2.75, 3.05) is 6.54 Å². The Bertz CT molecular complexity index is 919. The Morgan fingerprint density at radius 1 is 1.25 bits per heavy atom. The number of hydrogen-bond donors (Lipinski definition) is 0. The van der Waals surface area contributed by atoms with Gasteiger partial charge in [-0.2, -0.15) is 5.10 Å². The van der Waals surface area contributed by atoms with Crippen molar-refractivity contribution in [2.45, 2.75) is 38.5 Å². The van der Waals surface area contributed by atoms with Gasteiger partial charge in [0.25, 0.3) is 0 Å². The van der Waals surface area contributed by atoms with E-state index in [1.54, 1.807) is 36.4 Å². The molecule has 6 nitrogen and oxygen atoms in total. The van der Waals surface area contributed by atoms with Crippen LogP contribution >= 0.6 is 0 Å². The number of carbonyl (C=O) groups is 1. The molecule has 2 aromatic rings. The maximum absolute atomic E-state index is 13.9. The van der Waals surface area contributed by atoms with Crippen LogP contribution in [0.2, 0.25) is 0 Å². The number of halogens is 2. The number of aryl methyl sites for hydroxylation is 1. The highest BCUT2D eigenvalue weighted by Crippen LogP contribution is 2.32. The minimum absolute atomic E-state index is 0.165. The molecule has 0 radical (unpaired) electrons. The van der Waals surface area contributed by atoms with Gasteiger partial charge in [-0.25, -0.2) is 18.6 Å². The fourth-order valence-corrected chi connectivity index (χ4v) is 3.36. The third kappa shape index (κ3) is 3.30. The van der Waals surface area contributed by atoms with Crippen molar-refractivity contribution in [3.05, 3.63) is 59.4 Å². The second kappa shape index (κ2) is 7.18. The molecule has 2 amide bonds. The SMILES string of the molecule is Cc1ncc([C@@H]2CC=NN2C(=O)N2C[C@H](Oc3ccc(F)cc3)[C@H]2C)cc1F. The second-order valence-electron chi connectivity index (χ2n) is 7.02. The predicted molar refractivity (Wildman–Crippen MR) is 99.0 cm³/mol. The minimum atomic E-state index is -0.401. The van der Waals surface area contributed by atoms with Crippen LogP contribution in [0.5, 0.6) is 5.75 Å². The van der Waals surface area contributed by atoms with Crippen LogP contribution in [0.15, 0.2) is 41.6 Å². The molecule has 0 N–H and O–H groups in total. The zero-order valence-electron chi connectivity index (χ0n) is 15.5. The number of carbonyl (C=O) groups excluding carboxylic acids is 1. The minimum Gasteiger partial charge on any atom is -0.486 e. The number of nitrogens with zero attached hydrogens (tertiary/aromatic N) is 4. The molecule has 28 heavy (non-hydrogen) atoms. The van der Waals surface area contributed by atoms with Crippen LogP contribution in [-0.4, -0.2) is 45.8 Å². The van der Waals surface area contributed by atoms with E-state index in [0.717, 1.165) is 0 Å². The molecule has 1 saturated heterocycles. The zero-order chi connectivity index (χ0) is 19.8. The van der Waals surface area contributed by atoms with Crippen LogP contribution in [0.25, 0.3) is 0 Å². The van der Waals surface area contributed by atoms with E-state index in [2.05, 4.69) is 10.1 Å². The number of likely N-dealkylation sites (tertiary alicyclic amines) is 1. The van der Waals surface area contributed by atoms with E-state index in [0.29, 0.717) is 30.0 Å². The molecule has 0 aliphatic carbocycles. The van der Waals surface area contributed by atoms with Crippen molar-refractivity contribution < 1.29 is 18.3 Å². The van der Waals surface area contributed by atoms with E-state index >= 15 is 0 Å². The maximum Gasteiger partial charge on any atom is 0.341 e. The maximum atomic E-state index is 13.9. The van der Waals surface area contributed by atoms with Crippen molar-refractivity contribution in [3.63, 3.8) is 0 Å². The van der Waals surface area contributed by atoms with Crippen LogP contribution in [0.4, 0.5) is 13.6 Å². The summed E-state index contributed by atoms with van der Waals surface area (Å²) < 4.78 is 32.7. The Hall–Kier alpha value is -3.03. The topological polar surface area (TPSA) is 58.0 Å². The Morgan fingerprint density at radius 2 is 2.00 bits per heavy atom. The monoisotopic (exact) mass is 386 g/mol. The number of pyridine rings is 1. The molecule has 1 aromatic heterocycles. The predicted octanol–water partition coefficient (Wildman–Crippen LogP) is 3.67. The molecular weight excluding hydrogens is 366 g/mol. The van der Waals surface area contributed by atoms with Crippen molar-refractivity contribution in [2.24, 2.45) is 5.10 Å². The van der Waals surface area contributed by atoms with Crippen LogP contribution < -0.4 is 4.74 Å². The number of benzene rings is 1. The summed E-state index contributed by atoms with van der Waals surface area (Å²) in [6, 6.07) is 6.40. The van der Waals surface area contributed by atoms with Gasteiger partial charge in [0, 0.05) is 18.8 Å². The van der Waals surface area contributed by atoms with Crippen LogP contribution in [0.3, 0.4) is 0 Å². The molecule has 0 bridgehead atoms. The summed E-state index contributed by atoms with van der Waals surface area (Å²) in [5.41, 5.74) is 0.930. The summed E-state index contributed by atoms with van der Waals surface area (Å²) in [6.45, 7) is 3.88. The van der Waals surface area contributed by atoms with E-state index in [9.17, 15) is 13.6 Å². The molecule has 0 unspecified atom stereocenters. The fraction of sp³-hybridized carbons (Fsp3) is 0.350. The standard InChI is InChI=1S/C20H20F2N4O2/c1-12-17(22)9-14(10-23-12)18-7-8-24-26(18)20(27)25-11-19(13(25)2)28-16-5-3-15(21)4-6-16/h3-6,8-10,13,18-19H,7,11H2,1-2H3/t13-,18+,19+/m1/s1. The second-order valence-corrected chi connectivity index (χ2v) is 7.02. The average molecular weight is 386 g/mol. The van der Waals surface area contributed by atoms with Gasteiger partial charge in [-0.3, -0.25) is 4.98 Å². The third-order valence-electron chi connectivity index (χ3n) is 5.21. The molecule has 1 fully saturated rings. The molecule has 0 saturated carbocycles. The van der Waals surface area contributed by atoms with Crippen molar-refractivity contribution in [3.8, 4) is 5.75 Å². The molecule has 8 heteroatoms. The van der Waals surface area contributed by atoms with E-state index in [-0.39, 0.29) is 30.0 Å². The number of amides is 2. The van der Waals surface area contributed by atoms with Crippen molar-refractivity contribution in [1.82, 2.24) is 14.9 Å². The molecular formula is C20H20F2N4O2. The Balaban J connectivity index is 1.42. The van der Waals surface area contributed by atoms with E-state index in [1.807, 2.05) is 6.92 Å². The summed E-state index contributed by atoms with van der Waals surface area (Å²) in [6.07, 6.45) is 3.56. The summed E-state index contributed by atoms with van der Waals surface area (Å²) in [5.74, 6) is -0.170. The molecule has 146 valence electrons. The first kappa shape index (κ1) is 18.3. The summed E-state index contributed by atoms with van der Waals surface area (Å²) in [4.78, 5) is 18.6. The van der Waals surface area contributed by atoms with Gasteiger partial charge in [0.2, 0.25) is 0 Å². The Kier molecular flexibility index (Phi) is 4.70. The smallest absolute Gasteiger partial charge is 0.341 e. The van der Waals surface area contributed by atoms with E-state index in [4.69, 9.17) is 4.74 Å². The van der Waals surface area contributed by atoms with Gasteiger partial charge < -0.3 is 9.64 Å². The fourth-order valence-electron chi connectivity index (χ4n) is 3.36. The first-order chi connectivity index (χ1) is 13.4. The first-order valence-electron chi connectivity index (χ1n) is 9.10. The number of aromatic nitrogens is 1. The van der Waals surface area contributed by atoms with Gasteiger partial charge in [0.05, 0.1) is 24.3 Å². The number of rotatable bonds is 3. The number of ether oxygens (including phenoxy) is 1. The lowest BCUT2D eigenvalue weighted by Crippen LogP contribution is -2.64. The van der Waals surface area contributed by atoms with Gasteiger partial charge in [-0.05, 0) is 49.7 Å². The highest BCUT2D eigenvalue weighted by atomic mass is 19.1. The zero-order valence-corrected chi connectivity index (χ0v) is 15.5. The summed E-state index contributed by atoms with van der Waals surface area (Å²) >= 11 is 0. The van der Waals surface area contributed by atoms with Gasteiger partial charge in [0.1, 0.15) is 23.5 Å².